The predicted octanol–water partition coefficient (Wildman–Crippen LogP) is 1.44. The van der Waals surface area contributed by atoms with Crippen molar-refractivity contribution in [3.05, 3.63) is 23.5 Å². The first-order valence-corrected chi connectivity index (χ1v) is 6.89. The molecule has 1 unspecified atom stereocenters. The van der Waals surface area contributed by atoms with E-state index >= 15 is 0 Å². The molecule has 1 aliphatic heterocycles. The molecule has 0 radical (unpaired) electrons. The quantitative estimate of drug-likeness (QED) is 0.904. The van der Waals surface area contributed by atoms with Gasteiger partial charge in [-0.25, -0.2) is 4.79 Å². The molecule has 112 valence electrons. The Morgan fingerprint density at radius 3 is 2.90 bits per heavy atom. The summed E-state index contributed by atoms with van der Waals surface area (Å²) >= 11 is 0. The normalized spacial score (nSPS) is 18.2. The Hall–Kier alpha value is -2.38. The maximum Gasteiger partial charge on any atom is 0.323 e. The van der Waals surface area contributed by atoms with E-state index in [4.69, 9.17) is 4.52 Å². The molecule has 2 amide bonds. The van der Waals surface area contributed by atoms with Crippen molar-refractivity contribution in [2.24, 2.45) is 7.05 Å². The van der Waals surface area contributed by atoms with Crippen molar-refractivity contribution in [1.29, 1.82) is 0 Å². The van der Waals surface area contributed by atoms with Gasteiger partial charge in [-0.15, -0.1) is 0 Å². The van der Waals surface area contributed by atoms with Crippen LogP contribution >= 0.6 is 0 Å². The molecule has 8 nitrogen and oxygen atoms in total. The zero-order valence-electron chi connectivity index (χ0n) is 12.3. The van der Waals surface area contributed by atoms with Crippen molar-refractivity contribution in [1.82, 2.24) is 24.8 Å². The Bertz CT molecular complexity index is 642. The summed E-state index contributed by atoms with van der Waals surface area (Å²) in [5.74, 6) is 1.91. The Balaban J connectivity index is 1.61. The fourth-order valence-electron chi connectivity index (χ4n) is 2.44. The smallest absolute Gasteiger partial charge is 0.323 e. The van der Waals surface area contributed by atoms with E-state index in [1.54, 1.807) is 16.5 Å². The highest BCUT2D eigenvalue weighted by atomic mass is 16.5. The van der Waals surface area contributed by atoms with Gasteiger partial charge in [0.1, 0.15) is 0 Å². The van der Waals surface area contributed by atoms with Crippen LogP contribution in [0.4, 0.5) is 10.6 Å². The molecule has 0 aliphatic carbocycles. The number of anilines is 1. The Kier molecular flexibility index (Phi) is 3.36. The lowest BCUT2D eigenvalue weighted by Crippen LogP contribution is -2.33. The van der Waals surface area contributed by atoms with Crippen molar-refractivity contribution < 1.29 is 9.32 Å². The van der Waals surface area contributed by atoms with E-state index in [2.05, 4.69) is 20.6 Å². The van der Waals surface area contributed by atoms with Gasteiger partial charge in [0.05, 0.1) is 5.92 Å². The highest BCUT2D eigenvalue weighted by Crippen LogP contribution is 2.26. The molecule has 2 aromatic rings. The molecule has 21 heavy (non-hydrogen) atoms. The molecule has 3 rings (SSSR count). The van der Waals surface area contributed by atoms with Gasteiger partial charge in [-0.05, 0) is 20.3 Å². The molecule has 1 N–H and O–H groups in total. The number of nitrogens with one attached hydrogen (secondary N) is 1. The largest absolute Gasteiger partial charge is 0.339 e. The fraction of sp³-hybridized carbons (Fsp3) is 0.538. The maximum atomic E-state index is 12.2. The van der Waals surface area contributed by atoms with Crippen molar-refractivity contribution in [2.45, 2.75) is 26.2 Å². The lowest BCUT2D eigenvalue weighted by atomic mass is 10.1. The molecule has 2 aromatic heterocycles. The summed E-state index contributed by atoms with van der Waals surface area (Å²) in [5, 5.41) is 10.8. The van der Waals surface area contributed by atoms with E-state index in [0.29, 0.717) is 30.6 Å². The van der Waals surface area contributed by atoms with E-state index in [0.717, 1.165) is 12.1 Å². The molecule has 1 atom stereocenters. The van der Waals surface area contributed by atoms with Gasteiger partial charge >= 0.3 is 6.03 Å². The van der Waals surface area contributed by atoms with Gasteiger partial charge in [0.25, 0.3) is 0 Å². The minimum absolute atomic E-state index is 0.113. The second-order valence-corrected chi connectivity index (χ2v) is 5.34. The average Bonchev–Trinajstić information content (AvgIpc) is 3.11. The summed E-state index contributed by atoms with van der Waals surface area (Å²) in [4.78, 5) is 18.2. The zero-order valence-corrected chi connectivity index (χ0v) is 12.3. The summed E-state index contributed by atoms with van der Waals surface area (Å²) in [6.07, 6.45) is 0.830. The van der Waals surface area contributed by atoms with Crippen LogP contribution in [0.2, 0.25) is 0 Å². The first kappa shape index (κ1) is 13.6. The SMILES string of the molecule is Cc1noc(C2CCN(C(=O)Nc3cc(C)n(C)n3)C2)n1. The fourth-order valence-corrected chi connectivity index (χ4v) is 2.44. The van der Waals surface area contributed by atoms with E-state index in [9.17, 15) is 4.79 Å². The van der Waals surface area contributed by atoms with Crippen LogP contribution in [0, 0.1) is 13.8 Å². The summed E-state index contributed by atoms with van der Waals surface area (Å²) in [6, 6.07) is 1.69. The third kappa shape index (κ3) is 2.74. The monoisotopic (exact) mass is 290 g/mol. The zero-order chi connectivity index (χ0) is 15.0. The van der Waals surface area contributed by atoms with E-state index in [1.165, 1.54) is 0 Å². The molecular weight excluding hydrogens is 272 g/mol. The lowest BCUT2D eigenvalue weighted by molar-refractivity contribution is 0.221. The number of aromatic nitrogens is 4. The van der Waals surface area contributed by atoms with Crippen LogP contribution in [0.1, 0.15) is 29.7 Å². The van der Waals surface area contributed by atoms with Gasteiger partial charge in [-0.2, -0.15) is 10.1 Å². The third-order valence-electron chi connectivity index (χ3n) is 3.72. The number of rotatable bonds is 2. The third-order valence-corrected chi connectivity index (χ3v) is 3.72. The second kappa shape index (κ2) is 5.19. The molecule has 1 fully saturated rings. The molecule has 1 saturated heterocycles. The first-order chi connectivity index (χ1) is 10.0. The van der Waals surface area contributed by atoms with Crippen LogP contribution in [0.25, 0.3) is 0 Å². The van der Waals surface area contributed by atoms with E-state index in [1.807, 2.05) is 20.0 Å². The summed E-state index contributed by atoms with van der Waals surface area (Å²) in [6.45, 7) is 4.98. The lowest BCUT2D eigenvalue weighted by Gasteiger charge is -2.15. The second-order valence-electron chi connectivity index (χ2n) is 5.34. The van der Waals surface area contributed by atoms with Gasteiger partial charge in [0.2, 0.25) is 5.89 Å². The van der Waals surface area contributed by atoms with Gasteiger partial charge < -0.3 is 9.42 Å². The first-order valence-electron chi connectivity index (χ1n) is 6.89. The van der Waals surface area contributed by atoms with E-state index in [-0.39, 0.29) is 11.9 Å². The molecule has 0 aromatic carbocycles. The van der Waals surface area contributed by atoms with Crippen LogP contribution in [-0.2, 0) is 7.05 Å². The van der Waals surface area contributed by atoms with Gasteiger partial charge in [0, 0.05) is 31.9 Å². The molecule has 0 saturated carbocycles. The van der Waals surface area contributed by atoms with Crippen molar-refractivity contribution in [3.8, 4) is 0 Å². The number of hydrogen-bond acceptors (Lipinski definition) is 5. The molecule has 8 heteroatoms. The molecule has 0 spiro atoms. The Labute approximate surface area is 122 Å². The number of nitrogens with zero attached hydrogens (tertiary/aromatic N) is 5. The number of carbonyl (C=O) groups excluding carboxylic acids is 1. The van der Waals surface area contributed by atoms with E-state index < -0.39 is 0 Å². The van der Waals surface area contributed by atoms with Gasteiger partial charge in [-0.3, -0.25) is 10.00 Å². The van der Waals surface area contributed by atoms with Crippen LogP contribution in [0.15, 0.2) is 10.6 Å². The Morgan fingerprint density at radius 1 is 1.48 bits per heavy atom. The molecule has 3 heterocycles. The number of amides is 2. The number of urea groups is 1. The van der Waals surface area contributed by atoms with Gasteiger partial charge in [-0.1, -0.05) is 5.16 Å². The molecular formula is C13H18N6O2. The van der Waals surface area contributed by atoms with Crippen molar-refractivity contribution in [2.75, 3.05) is 18.4 Å². The van der Waals surface area contributed by atoms with Crippen LogP contribution < -0.4 is 5.32 Å². The number of hydrogen-bond donors (Lipinski definition) is 1. The van der Waals surface area contributed by atoms with Crippen molar-refractivity contribution >= 4 is 11.8 Å². The predicted molar refractivity (Wildman–Crippen MR) is 74.9 cm³/mol. The minimum Gasteiger partial charge on any atom is -0.339 e. The summed E-state index contributed by atoms with van der Waals surface area (Å²) in [7, 11) is 1.84. The maximum absolute atomic E-state index is 12.2. The Morgan fingerprint density at radius 2 is 2.29 bits per heavy atom. The summed E-state index contributed by atoms with van der Waals surface area (Å²) < 4.78 is 6.90. The topological polar surface area (TPSA) is 89.1 Å². The van der Waals surface area contributed by atoms with Crippen LogP contribution in [0.5, 0.6) is 0 Å². The van der Waals surface area contributed by atoms with Crippen LogP contribution in [0.3, 0.4) is 0 Å². The number of carbonyl (C=O) groups is 1. The standard InChI is InChI=1S/C13H18N6O2/c1-8-6-11(16-18(8)3)15-13(20)19-5-4-10(7-19)12-14-9(2)17-21-12/h6,10H,4-5,7H2,1-3H3,(H,15,16,20). The average molecular weight is 290 g/mol. The highest BCUT2D eigenvalue weighted by molar-refractivity contribution is 5.88. The van der Waals surface area contributed by atoms with Gasteiger partial charge in [0.15, 0.2) is 11.6 Å². The molecule has 1 aliphatic rings. The molecule has 0 bridgehead atoms. The van der Waals surface area contributed by atoms with Crippen molar-refractivity contribution in [3.63, 3.8) is 0 Å². The number of likely N-dealkylation sites (tertiary alicyclic amines) is 1. The highest BCUT2D eigenvalue weighted by Gasteiger charge is 2.31. The minimum atomic E-state index is -0.146. The van der Waals surface area contributed by atoms with Crippen LogP contribution in [-0.4, -0.2) is 43.9 Å². The number of aryl methyl sites for hydroxylation is 3. The summed E-state index contributed by atoms with van der Waals surface area (Å²) in [5.41, 5.74) is 0.992.